The third-order valence-electron chi connectivity index (χ3n) is 11.4. The third kappa shape index (κ3) is 4.90. The summed E-state index contributed by atoms with van der Waals surface area (Å²) in [7, 11) is 0. The maximum atomic E-state index is 13.6. The number of rotatable bonds is 6. The Kier molecular flexibility index (Phi) is 7.85. The number of pyridine rings is 1. The zero-order valence-electron chi connectivity index (χ0n) is 26.9. The lowest BCUT2D eigenvalue weighted by molar-refractivity contribution is -0.331. The zero-order valence-corrected chi connectivity index (χ0v) is 26.9. The number of nitrogens with zero attached hydrogens (tertiary/aromatic N) is 1. The Morgan fingerprint density at radius 2 is 1.91 bits per heavy atom. The minimum absolute atomic E-state index is 0.0703. The van der Waals surface area contributed by atoms with E-state index in [0.29, 0.717) is 30.8 Å². The Balaban J connectivity index is 1.29. The molecule has 7 rings (SSSR count). The van der Waals surface area contributed by atoms with Gasteiger partial charge in [0.05, 0.1) is 18.8 Å². The standard InChI is InChI=1S/C37H43NO8/c1-5-6-14-29(39)44-28-19-26-35(2,16-15-27-36(26,3)21-42-34(45-27)22-11-8-7-9-12-22)32-31(40)30-25(46-37(28,32)4)18-24(43-33(30)41)23-13-10-17-38-20-23/h7-13,17-18,20,26-28,31-32,34,40H,5-6,14-16,19,21H2,1-4H3/t26-,27?,28+,31+,32-,34?,35+,36+,37-/m1/s1. The number of aliphatic hydroxyl groups is 1. The van der Waals surface area contributed by atoms with Crippen LogP contribution in [-0.4, -0.2) is 40.5 Å². The Morgan fingerprint density at radius 1 is 1.11 bits per heavy atom. The lowest BCUT2D eigenvalue weighted by Gasteiger charge is -2.67. The monoisotopic (exact) mass is 629 g/mol. The van der Waals surface area contributed by atoms with Crippen molar-refractivity contribution in [2.75, 3.05) is 6.61 Å². The van der Waals surface area contributed by atoms with Crippen molar-refractivity contribution in [3.05, 3.63) is 82.5 Å². The van der Waals surface area contributed by atoms with Gasteiger partial charge in [0.1, 0.15) is 28.8 Å². The Morgan fingerprint density at radius 3 is 2.65 bits per heavy atom. The van der Waals surface area contributed by atoms with Crippen LogP contribution in [0.15, 0.2) is 70.1 Å². The van der Waals surface area contributed by atoms with E-state index >= 15 is 0 Å². The molecule has 0 radical (unpaired) electrons. The van der Waals surface area contributed by atoms with Gasteiger partial charge in [-0.25, -0.2) is 4.79 Å². The average Bonchev–Trinajstić information content (AvgIpc) is 3.04. The zero-order chi connectivity index (χ0) is 32.3. The van der Waals surface area contributed by atoms with Gasteiger partial charge in [-0.2, -0.15) is 0 Å². The second kappa shape index (κ2) is 11.6. The van der Waals surface area contributed by atoms with Crippen LogP contribution in [0.1, 0.15) is 89.7 Å². The van der Waals surface area contributed by atoms with E-state index in [9.17, 15) is 14.7 Å². The van der Waals surface area contributed by atoms with Crippen molar-refractivity contribution >= 4 is 5.97 Å². The first-order valence-corrected chi connectivity index (χ1v) is 16.6. The fraction of sp³-hybridized carbons (Fsp3) is 0.541. The average molecular weight is 630 g/mol. The molecule has 9 atom stereocenters. The maximum absolute atomic E-state index is 13.6. The van der Waals surface area contributed by atoms with Gasteiger partial charge in [-0.05, 0) is 56.1 Å². The van der Waals surface area contributed by atoms with E-state index in [4.69, 9.17) is 23.4 Å². The number of ether oxygens (including phenoxy) is 4. The molecule has 46 heavy (non-hydrogen) atoms. The van der Waals surface area contributed by atoms with Crippen LogP contribution in [0, 0.1) is 22.7 Å². The van der Waals surface area contributed by atoms with Gasteiger partial charge in [-0.3, -0.25) is 9.78 Å². The number of carbonyl (C=O) groups is 1. The van der Waals surface area contributed by atoms with Crippen LogP contribution in [-0.2, 0) is 19.0 Å². The lowest BCUT2D eigenvalue weighted by atomic mass is 9.42. The highest BCUT2D eigenvalue weighted by Gasteiger charge is 2.71. The smallest absolute Gasteiger partial charge is 0.345 e. The molecule has 1 N–H and O–H groups in total. The van der Waals surface area contributed by atoms with Gasteiger partial charge in [0.25, 0.3) is 0 Å². The number of benzene rings is 1. The summed E-state index contributed by atoms with van der Waals surface area (Å²) in [6.07, 6.45) is 4.66. The van der Waals surface area contributed by atoms with E-state index in [0.717, 1.165) is 31.2 Å². The summed E-state index contributed by atoms with van der Waals surface area (Å²) < 4.78 is 32.0. The van der Waals surface area contributed by atoms with Gasteiger partial charge in [0.15, 0.2) is 6.29 Å². The lowest BCUT2D eigenvalue weighted by Crippen LogP contribution is -2.71. The second-order valence-corrected chi connectivity index (χ2v) is 14.2. The SMILES string of the molecule is CCCCC(=O)O[C@H]1C[C@@H]2[C@](C)(CCC3OC(c4ccccc4)OC[C@]32C)[C@H]2[C@@H](O)c3c(cc(-c4cccnc4)oc3=O)O[C@]12C. The molecule has 0 amide bonds. The Hall–Kier alpha value is -3.53. The fourth-order valence-corrected chi connectivity index (χ4v) is 9.18. The van der Waals surface area contributed by atoms with Crippen LogP contribution in [0.2, 0.25) is 0 Å². The summed E-state index contributed by atoms with van der Waals surface area (Å²) in [5, 5.41) is 12.3. The van der Waals surface area contributed by atoms with Crippen molar-refractivity contribution < 1.29 is 33.3 Å². The number of unbranched alkanes of at least 4 members (excludes halogenated alkanes) is 1. The van der Waals surface area contributed by atoms with Crippen molar-refractivity contribution in [3.63, 3.8) is 0 Å². The molecule has 2 aromatic heterocycles. The molecule has 0 bridgehead atoms. The normalized spacial score (nSPS) is 36.3. The van der Waals surface area contributed by atoms with Crippen molar-refractivity contribution in [1.29, 1.82) is 0 Å². The number of esters is 1. The molecule has 2 unspecified atom stereocenters. The number of carbonyl (C=O) groups excluding carboxylic acids is 1. The molecule has 9 nitrogen and oxygen atoms in total. The fourth-order valence-electron chi connectivity index (χ4n) is 9.18. The molecule has 3 aromatic rings. The molecule has 244 valence electrons. The molecule has 4 aliphatic rings. The first-order chi connectivity index (χ1) is 22.1. The first-order valence-electron chi connectivity index (χ1n) is 16.6. The van der Waals surface area contributed by atoms with E-state index in [-0.39, 0.29) is 29.3 Å². The van der Waals surface area contributed by atoms with Gasteiger partial charge < -0.3 is 28.5 Å². The van der Waals surface area contributed by atoms with Gasteiger partial charge in [0.2, 0.25) is 0 Å². The van der Waals surface area contributed by atoms with Crippen LogP contribution in [0.5, 0.6) is 5.75 Å². The van der Waals surface area contributed by atoms with E-state index < -0.39 is 46.5 Å². The molecule has 3 fully saturated rings. The molecule has 2 aliphatic carbocycles. The van der Waals surface area contributed by atoms with E-state index in [1.54, 1.807) is 30.6 Å². The second-order valence-electron chi connectivity index (χ2n) is 14.2. The number of aliphatic hydroxyl groups excluding tert-OH is 1. The molecule has 1 aromatic carbocycles. The van der Waals surface area contributed by atoms with Crippen LogP contribution in [0.4, 0.5) is 0 Å². The molecule has 9 heteroatoms. The predicted molar refractivity (Wildman–Crippen MR) is 169 cm³/mol. The molecule has 4 heterocycles. The summed E-state index contributed by atoms with van der Waals surface area (Å²) in [4.78, 5) is 31.0. The summed E-state index contributed by atoms with van der Waals surface area (Å²) >= 11 is 0. The molecule has 2 saturated carbocycles. The molecular weight excluding hydrogens is 586 g/mol. The third-order valence-corrected chi connectivity index (χ3v) is 11.4. The van der Waals surface area contributed by atoms with Crippen LogP contribution < -0.4 is 10.4 Å². The first kappa shape index (κ1) is 31.1. The highest BCUT2D eigenvalue weighted by molar-refractivity contribution is 5.69. The topological polar surface area (TPSA) is 117 Å². The molecule has 1 saturated heterocycles. The van der Waals surface area contributed by atoms with Gasteiger partial charge in [-0.1, -0.05) is 57.5 Å². The summed E-state index contributed by atoms with van der Waals surface area (Å²) in [5.74, 6) is -0.403. The van der Waals surface area contributed by atoms with Crippen molar-refractivity contribution in [2.24, 2.45) is 22.7 Å². The van der Waals surface area contributed by atoms with Gasteiger partial charge >= 0.3 is 11.6 Å². The van der Waals surface area contributed by atoms with E-state index in [1.165, 1.54) is 0 Å². The van der Waals surface area contributed by atoms with E-state index in [2.05, 4.69) is 18.8 Å². The van der Waals surface area contributed by atoms with Crippen molar-refractivity contribution in [1.82, 2.24) is 4.98 Å². The molecule has 2 aliphatic heterocycles. The van der Waals surface area contributed by atoms with Gasteiger partial charge in [-0.15, -0.1) is 0 Å². The molecule has 0 spiro atoms. The number of aromatic nitrogens is 1. The number of hydrogen-bond donors (Lipinski definition) is 1. The van der Waals surface area contributed by atoms with Crippen molar-refractivity contribution in [3.8, 4) is 17.1 Å². The highest BCUT2D eigenvalue weighted by Crippen LogP contribution is 2.68. The van der Waals surface area contributed by atoms with E-state index in [1.807, 2.05) is 44.2 Å². The largest absolute Gasteiger partial charge is 0.482 e. The number of hydrogen-bond acceptors (Lipinski definition) is 9. The summed E-state index contributed by atoms with van der Waals surface area (Å²) in [5.41, 5.74) is -1.03. The summed E-state index contributed by atoms with van der Waals surface area (Å²) in [6.45, 7) is 8.78. The van der Waals surface area contributed by atoms with Gasteiger partial charge in [0, 0.05) is 47.3 Å². The molecular formula is C37H43NO8. The van der Waals surface area contributed by atoms with Crippen molar-refractivity contribution in [2.45, 2.75) is 96.4 Å². The minimum Gasteiger partial charge on any atom is -0.482 e. The predicted octanol–water partition coefficient (Wildman–Crippen LogP) is 6.55. The van der Waals surface area contributed by atoms with Crippen LogP contribution >= 0.6 is 0 Å². The quantitative estimate of drug-likeness (QED) is 0.303. The summed E-state index contributed by atoms with van der Waals surface area (Å²) in [6, 6.07) is 15.1. The highest BCUT2D eigenvalue weighted by atomic mass is 16.7. The Labute approximate surface area is 269 Å². The number of fused-ring (bicyclic) bond motifs is 6. The minimum atomic E-state index is -1.21. The van der Waals surface area contributed by atoms with Crippen LogP contribution in [0.3, 0.4) is 0 Å². The maximum Gasteiger partial charge on any atom is 0.345 e. The van der Waals surface area contributed by atoms with Crippen LogP contribution in [0.25, 0.3) is 11.3 Å². The Bertz CT molecular complexity index is 1640.